The summed E-state index contributed by atoms with van der Waals surface area (Å²) in [5.74, 6) is 0.287. The minimum absolute atomic E-state index is 0.000478. The third-order valence-corrected chi connectivity index (χ3v) is 4.60. The lowest BCUT2D eigenvalue weighted by molar-refractivity contribution is -0.122. The van der Waals surface area contributed by atoms with Crippen LogP contribution in [0.15, 0.2) is 47.7 Å². The average molecular weight is 337 g/mol. The Morgan fingerprint density at radius 2 is 2.08 bits per heavy atom. The SMILES string of the molecule is Cn1ncc2c(=O)n(CC(=O)N[C@@H](c3ccccc3)C3CC3)cnc21. The van der Waals surface area contributed by atoms with Crippen molar-refractivity contribution in [2.75, 3.05) is 0 Å². The van der Waals surface area contributed by atoms with Crippen molar-refractivity contribution in [3.8, 4) is 0 Å². The summed E-state index contributed by atoms with van der Waals surface area (Å²) in [6.07, 6.45) is 5.11. The second kappa shape index (κ2) is 6.16. The summed E-state index contributed by atoms with van der Waals surface area (Å²) in [5, 5.41) is 7.53. The van der Waals surface area contributed by atoms with E-state index < -0.39 is 0 Å². The summed E-state index contributed by atoms with van der Waals surface area (Å²) in [6.45, 7) is -0.0489. The molecule has 0 saturated heterocycles. The second-order valence-corrected chi connectivity index (χ2v) is 6.48. The minimum atomic E-state index is -0.254. The van der Waals surface area contributed by atoms with Gasteiger partial charge in [-0.2, -0.15) is 5.10 Å². The monoisotopic (exact) mass is 337 g/mol. The van der Waals surface area contributed by atoms with E-state index >= 15 is 0 Å². The molecule has 0 bridgehead atoms. The molecule has 1 aromatic carbocycles. The number of benzene rings is 1. The van der Waals surface area contributed by atoms with Crippen LogP contribution >= 0.6 is 0 Å². The van der Waals surface area contributed by atoms with E-state index in [0.717, 1.165) is 18.4 Å². The van der Waals surface area contributed by atoms with Gasteiger partial charge in [-0.15, -0.1) is 0 Å². The van der Waals surface area contributed by atoms with Crippen molar-refractivity contribution in [3.63, 3.8) is 0 Å². The number of fused-ring (bicyclic) bond motifs is 1. The lowest BCUT2D eigenvalue weighted by atomic mass is 10.0. The highest BCUT2D eigenvalue weighted by Crippen LogP contribution is 2.40. The Morgan fingerprint density at radius 3 is 2.80 bits per heavy atom. The summed E-state index contributed by atoms with van der Waals surface area (Å²) in [7, 11) is 1.73. The van der Waals surface area contributed by atoms with Crippen molar-refractivity contribution in [3.05, 3.63) is 58.8 Å². The molecule has 1 aliphatic rings. The van der Waals surface area contributed by atoms with Gasteiger partial charge in [0.25, 0.3) is 5.56 Å². The largest absolute Gasteiger partial charge is 0.347 e. The Kier molecular flexibility index (Phi) is 3.83. The standard InChI is InChI=1S/C18H19N5O2/c1-22-17-14(9-20-22)18(25)23(11-19-17)10-15(24)21-16(13-7-8-13)12-5-3-2-4-6-12/h2-6,9,11,13,16H,7-8,10H2,1H3,(H,21,24)/t16-/m0/s1. The molecule has 1 fully saturated rings. The van der Waals surface area contributed by atoms with Gasteiger partial charge in [0.2, 0.25) is 5.91 Å². The van der Waals surface area contributed by atoms with Gasteiger partial charge >= 0.3 is 0 Å². The second-order valence-electron chi connectivity index (χ2n) is 6.48. The molecule has 1 amide bonds. The van der Waals surface area contributed by atoms with Crippen molar-refractivity contribution in [1.82, 2.24) is 24.6 Å². The molecule has 1 atom stereocenters. The molecule has 0 aliphatic heterocycles. The van der Waals surface area contributed by atoms with Gasteiger partial charge < -0.3 is 5.32 Å². The average Bonchev–Trinajstić information content (AvgIpc) is 3.39. The van der Waals surface area contributed by atoms with Gasteiger partial charge in [-0.3, -0.25) is 18.8 Å². The molecule has 1 saturated carbocycles. The highest BCUT2D eigenvalue weighted by Gasteiger charge is 2.33. The maximum atomic E-state index is 12.5. The molecule has 7 nitrogen and oxygen atoms in total. The van der Waals surface area contributed by atoms with Crippen LogP contribution in [0.3, 0.4) is 0 Å². The van der Waals surface area contributed by atoms with Crippen LogP contribution in [0.5, 0.6) is 0 Å². The third-order valence-electron chi connectivity index (χ3n) is 4.60. The topological polar surface area (TPSA) is 81.8 Å². The van der Waals surface area contributed by atoms with Crippen molar-refractivity contribution in [2.45, 2.75) is 25.4 Å². The van der Waals surface area contributed by atoms with Gasteiger partial charge in [0, 0.05) is 7.05 Å². The zero-order valence-electron chi connectivity index (χ0n) is 13.9. The van der Waals surface area contributed by atoms with Gasteiger partial charge in [0.05, 0.1) is 12.2 Å². The fourth-order valence-corrected chi connectivity index (χ4v) is 3.12. The number of nitrogens with zero attached hydrogens (tertiary/aromatic N) is 4. The van der Waals surface area contributed by atoms with Crippen LogP contribution in [0, 0.1) is 5.92 Å². The number of nitrogens with one attached hydrogen (secondary N) is 1. The van der Waals surface area contributed by atoms with Crippen molar-refractivity contribution in [2.24, 2.45) is 13.0 Å². The summed E-state index contributed by atoms with van der Waals surface area (Å²) in [4.78, 5) is 29.2. The molecule has 3 aromatic rings. The van der Waals surface area contributed by atoms with E-state index in [0.29, 0.717) is 17.0 Å². The zero-order chi connectivity index (χ0) is 17.4. The first-order valence-electron chi connectivity index (χ1n) is 8.35. The van der Waals surface area contributed by atoms with Crippen molar-refractivity contribution >= 4 is 16.9 Å². The Morgan fingerprint density at radius 1 is 1.32 bits per heavy atom. The minimum Gasteiger partial charge on any atom is -0.347 e. The molecule has 1 aliphatic carbocycles. The predicted octanol–water partition coefficient (Wildman–Crippen LogP) is 1.40. The first kappa shape index (κ1) is 15.6. The Labute approximate surface area is 144 Å². The first-order valence-corrected chi connectivity index (χ1v) is 8.35. The van der Waals surface area contributed by atoms with E-state index in [9.17, 15) is 9.59 Å². The van der Waals surface area contributed by atoms with Crippen molar-refractivity contribution in [1.29, 1.82) is 0 Å². The van der Waals surface area contributed by atoms with Crippen LogP contribution in [-0.2, 0) is 18.4 Å². The Hall–Kier alpha value is -2.96. The third kappa shape index (κ3) is 3.05. The van der Waals surface area contributed by atoms with Crippen LogP contribution < -0.4 is 10.9 Å². The van der Waals surface area contributed by atoms with Crippen LogP contribution in [0.25, 0.3) is 11.0 Å². The van der Waals surface area contributed by atoms with Gasteiger partial charge in [-0.25, -0.2) is 4.98 Å². The quantitative estimate of drug-likeness (QED) is 0.763. The number of carbonyl (C=O) groups excluding carboxylic acids is 1. The Bertz CT molecular complexity index is 972. The van der Waals surface area contributed by atoms with Gasteiger partial charge in [0.15, 0.2) is 5.65 Å². The van der Waals surface area contributed by atoms with E-state index in [1.807, 2.05) is 30.3 Å². The number of aryl methyl sites for hydroxylation is 1. The molecule has 25 heavy (non-hydrogen) atoms. The number of hydrogen-bond donors (Lipinski definition) is 1. The molecule has 1 N–H and O–H groups in total. The zero-order valence-corrected chi connectivity index (χ0v) is 13.9. The number of aromatic nitrogens is 4. The number of carbonyl (C=O) groups is 1. The first-order chi connectivity index (χ1) is 12.1. The van der Waals surface area contributed by atoms with Crippen molar-refractivity contribution < 1.29 is 4.79 Å². The molecule has 128 valence electrons. The van der Waals surface area contributed by atoms with E-state index in [2.05, 4.69) is 15.4 Å². The van der Waals surface area contributed by atoms with E-state index in [1.165, 1.54) is 17.1 Å². The maximum absolute atomic E-state index is 12.5. The fraction of sp³-hybridized carbons (Fsp3) is 0.333. The smallest absolute Gasteiger partial charge is 0.264 e. The predicted molar refractivity (Wildman–Crippen MR) is 92.8 cm³/mol. The van der Waals surface area contributed by atoms with Crippen LogP contribution in [0.4, 0.5) is 0 Å². The lowest BCUT2D eigenvalue weighted by Crippen LogP contribution is -2.35. The molecular formula is C18H19N5O2. The molecule has 0 spiro atoms. The van der Waals surface area contributed by atoms with Gasteiger partial charge in [-0.1, -0.05) is 30.3 Å². The van der Waals surface area contributed by atoms with Gasteiger partial charge in [0.1, 0.15) is 18.3 Å². The van der Waals surface area contributed by atoms with Crippen LogP contribution in [-0.4, -0.2) is 25.2 Å². The van der Waals surface area contributed by atoms with Crippen LogP contribution in [0.1, 0.15) is 24.4 Å². The van der Waals surface area contributed by atoms with E-state index in [4.69, 9.17) is 0 Å². The Balaban J connectivity index is 1.54. The molecule has 7 heteroatoms. The van der Waals surface area contributed by atoms with E-state index in [1.54, 1.807) is 11.7 Å². The molecule has 4 rings (SSSR count). The van der Waals surface area contributed by atoms with Crippen LogP contribution in [0.2, 0.25) is 0 Å². The summed E-state index contributed by atoms with van der Waals surface area (Å²) in [5.41, 5.74) is 1.37. The van der Waals surface area contributed by atoms with Gasteiger partial charge in [-0.05, 0) is 24.3 Å². The number of rotatable bonds is 5. The highest BCUT2D eigenvalue weighted by atomic mass is 16.2. The lowest BCUT2D eigenvalue weighted by Gasteiger charge is -2.19. The normalized spacial score (nSPS) is 15.2. The summed E-state index contributed by atoms with van der Waals surface area (Å²) in [6, 6.07) is 9.96. The molecule has 0 radical (unpaired) electrons. The summed E-state index contributed by atoms with van der Waals surface area (Å²) < 4.78 is 2.87. The molecule has 0 unspecified atom stereocenters. The van der Waals surface area contributed by atoms with E-state index in [-0.39, 0.29) is 24.1 Å². The summed E-state index contributed by atoms with van der Waals surface area (Å²) >= 11 is 0. The fourth-order valence-electron chi connectivity index (χ4n) is 3.12. The maximum Gasteiger partial charge on any atom is 0.264 e. The number of amides is 1. The number of hydrogen-bond acceptors (Lipinski definition) is 4. The molecule has 2 aromatic heterocycles. The molecular weight excluding hydrogens is 318 g/mol. The highest BCUT2D eigenvalue weighted by molar-refractivity contribution is 5.77. The molecule has 2 heterocycles.